The minimum absolute atomic E-state index is 0. The molecule has 1 aromatic rings. The zero-order chi connectivity index (χ0) is 14.8. The number of carbonyl (C=O) groups excluding carboxylic acids is 1. The molecule has 0 saturated heterocycles. The van der Waals surface area contributed by atoms with Crippen molar-refractivity contribution in [1.82, 2.24) is 15.5 Å². The number of nitrogens with two attached hydrogens (primary N) is 1. The number of amides is 1. The summed E-state index contributed by atoms with van der Waals surface area (Å²) in [6.45, 7) is 6.80. The highest BCUT2D eigenvalue weighted by Gasteiger charge is 2.25. The van der Waals surface area contributed by atoms with Crippen LogP contribution < -0.4 is 11.1 Å². The van der Waals surface area contributed by atoms with Gasteiger partial charge in [0.05, 0.1) is 6.54 Å². The smallest absolute Gasteiger partial charge is 0.223 e. The highest BCUT2D eigenvalue weighted by Crippen LogP contribution is 2.26. The van der Waals surface area contributed by atoms with Crippen molar-refractivity contribution >= 4 is 29.7 Å². The van der Waals surface area contributed by atoms with E-state index in [4.69, 9.17) is 5.73 Å². The van der Waals surface area contributed by atoms with Gasteiger partial charge in [-0.15, -0.1) is 22.6 Å². The third kappa shape index (κ3) is 5.20. The fourth-order valence-corrected chi connectivity index (χ4v) is 3.24. The Hall–Kier alpha value is -0.720. The van der Waals surface area contributed by atoms with Crippen molar-refractivity contribution in [2.75, 3.05) is 0 Å². The summed E-state index contributed by atoms with van der Waals surface area (Å²) in [4.78, 5) is 12.1. The van der Waals surface area contributed by atoms with Crippen molar-refractivity contribution in [1.29, 1.82) is 0 Å². The summed E-state index contributed by atoms with van der Waals surface area (Å²) in [5.41, 5.74) is 5.93. The monoisotopic (exact) mass is 332 g/mol. The zero-order valence-corrected chi connectivity index (χ0v) is 14.5. The number of rotatable bonds is 3. The van der Waals surface area contributed by atoms with E-state index in [-0.39, 0.29) is 35.7 Å². The minimum atomic E-state index is 0. The van der Waals surface area contributed by atoms with Crippen LogP contribution in [0.4, 0.5) is 0 Å². The van der Waals surface area contributed by atoms with E-state index < -0.39 is 0 Å². The van der Waals surface area contributed by atoms with Gasteiger partial charge in [0.15, 0.2) is 0 Å². The number of aromatic nitrogens is 2. The SMILES string of the molecule is CC(C)(C)c1nnc(CNC(=O)C2CCCC(N)C2)s1.Cl. The van der Waals surface area contributed by atoms with Crippen LogP contribution in [0.2, 0.25) is 0 Å². The van der Waals surface area contributed by atoms with Crippen LogP contribution in [-0.2, 0) is 16.8 Å². The lowest BCUT2D eigenvalue weighted by Crippen LogP contribution is -2.37. The number of carbonyl (C=O) groups is 1. The molecule has 0 aliphatic heterocycles. The van der Waals surface area contributed by atoms with Gasteiger partial charge >= 0.3 is 0 Å². The highest BCUT2D eigenvalue weighted by atomic mass is 35.5. The fraction of sp³-hybridized carbons (Fsp3) is 0.786. The molecule has 21 heavy (non-hydrogen) atoms. The van der Waals surface area contributed by atoms with Crippen molar-refractivity contribution in [3.63, 3.8) is 0 Å². The van der Waals surface area contributed by atoms with Gasteiger partial charge in [0.25, 0.3) is 0 Å². The molecular weight excluding hydrogens is 308 g/mol. The van der Waals surface area contributed by atoms with E-state index in [2.05, 4.69) is 36.3 Å². The topological polar surface area (TPSA) is 80.9 Å². The summed E-state index contributed by atoms with van der Waals surface area (Å²) in [6, 6.07) is 0.175. The first kappa shape index (κ1) is 18.3. The maximum absolute atomic E-state index is 12.1. The average Bonchev–Trinajstić information content (AvgIpc) is 2.84. The molecular formula is C14H25ClN4OS. The predicted molar refractivity (Wildman–Crippen MR) is 87.6 cm³/mol. The van der Waals surface area contributed by atoms with Crippen molar-refractivity contribution < 1.29 is 4.79 Å². The van der Waals surface area contributed by atoms with E-state index in [9.17, 15) is 4.79 Å². The van der Waals surface area contributed by atoms with Crippen molar-refractivity contribution in [3.8, 4) is 0 Å². The van der Waals surface area contributed by atoms with Crippen LogP contribution in [0.1, 0.15) is 56.5 Å². The molecule has 5 nitrogen and oxygen atoms in total. The third-order valence-electron chi connectivity index (χ3n) is 3.61. The Morgan fingerprint density at radius 2 is 2.10 bits per heavy atom. The molecule has 0 bridgehead atoms. The lowest BCUT2D eigenvalue weighted by atomic mass is 9.85. The van der Waals surface area contributed by atoms with Gasteiger partial charge in [-0.2, -0.15) is 0 Å². The summed E-state index contributed by atoms with van der Waals surface area (Å²) in [6.07, 6.45) is 3.83. The van der Waals surface area contributed by atoms with Crippen molar-refractivity contribution in [3.05, 3.63) is 10.0 Å². The summed E-state index contributed by atoms with van der Waals surface area (Å²) >= 11 is 1.57. The van der Waals surface area contributed by atoms with Gasteiger partial charge in [-0.05, 0) is 19.3 Å². The van der Waals surface area contributed by atoms with Gasteiger partial charge in [0, 0.05) is 17.4 Å². The average molecular weight is 333 g/mol. The van der Waals surface area contributed by atoms with Gasteiger partial charge < -0.3 is 11.1 Å². The van der Waals surface area contributed by atoms with Gasteiger partial charge in [-0.1, -0.05) is 38.5 Å². The number of nitrogens with one attached hydrogen (secondary N) is 1. The molecule has 1 heterocycles. The Bertz CT molecular complexity index is 472. The second kappa shape index (κ2) is 7.51. The maximum Gasteiger partial charge on any atom is 0.223 e. The predicted octanol–water partition coefficient (Wildman–Crippen LogP) is 2.39. The van der Waals surface area contributed by atoms with E-state index >= 15 is 0 Å². The fourth-order valence-electron chi connectivity index (χ4n) is 2.40. The first-order chi connectivity index (χ1) is 9.36. The summed E-state index contributed by atoms with van der Waals surface area (Å²) in [7, 11) is 0. The number of hydrogen-bond acceptors (Lipinski definition) is 5. The van der Waals surface area contributed by atoms with Gasteiger partial charge in [0.1, 0.15) is 10.0 Å². The summed E-state index contributed by atoms with van der Waals surface area (Å²) in [5, 5.41) is 13.2. The molecule has 2 rings (SSSR count). The highest BCUT2D eigenvalue weighted by molar-refractivity contribution is 7.11. The number of halogens is 1. The van der Waals surface area contributed by atoms with Crippen molar-refractivity contribution in [2.24, 2.45) is 11.7 Å². The first-order valence-electron chi connectivity index (χ1n) is 7.22. The van der Waals surface area contributed by atoms with E-state index in [1.54, 1.807) is 11.3 Å². The van der Waals surface area contributed by atoms with Gasteiger partial charge in [-0.25, -0.2) is 0 Å². The van der Waals surface area contributed by atoms with Crippen LogP contribution in [0.25, 0.3) is 0 Å². The lowest BCUT2D eigenvalue weighted by molar-refractivity contribution is -0.126. The van der Waals surface area contributed by atoms with Crippen LogP contribution in [0, 0.1) is 5.92 Å². The molecule has 1 aliphatic rings. The Labute approximate surface area is 136 Å². The van der Waals surface area contributed by atoms with E-state index in [1.807, 2.05) is 0 Å². The molecule has 1 aliphatic carbocycles. The molecule has 0 aromatic carbocycles. The molecule has 0 spiro atoms. The Morgan fingerprint density at radius 3 is 2.67 bits per heavy atom. The third-order valence-corrected chi connectivity index (χ3v) is 4.96. The molecule has 2 atom stereocenters. The zero-order valence-electron chi connectivity index (χ0n) is 12.9. The molecule has 3 N–H and O–H groups in total. The first-order valence-corrected chi connectivity index (χ1v) is 8.04. The number of hydrogen-bond donors (Lipinski definition) is 2. The van der Waals surface area contributed by atoms with Crippen LogP contribution in [0.3, 0.4) is 0 Å². The molecule has 0 radical (unpaired) electrons. The number of nitrogens with zero attached hydrogens (tertiary/aromatic N) is 2. The quantitative estimate of drug-likeness (QED) is 0.890. The van der Waals surface area contributed by atoms with Crippen LogP contribution >= 0.6 is 23.7 Å². The molecule has 120 valence electrons. The van der Waals surface area contributed by atoms with Crippen LogP contribution in [0.15, 0.2) is 0 Å². The summed E-state index contributed by atoms with van der Waals surface area (Å²) in [5.74, 6) is 0.168. The summed E-state index contributed by atoms with van der Waals surface area (Å²) < 4.78 is 0. The Balaban J connectivity index is 0.00000220. The molecule has 7 heteroatoms. The minimum Gasteiger partial charge on any atom is -0.349 e. The normalized spacial score (nSPS) is 22.5. The van der Waals surface area contributed by atoms with E-state index in [0.717, 1.165) is 35.7 Å². The molecule has 1 fully saturated rings. The van der Waals surface area contributed by atoms with Crippen LogP contribution in [0.5, 0.6) is 0 Å². The molecule has 1 amide bonds. The van der Waals surface area contributed by atoms with Gasteiger partial charge in [-0.3, -0.25) is 4.79 Å². The molecule has 1 aromatic heterocycles. The largest absolute Gasteiger partial charge is 0.349 e. The Kier molecular flexibility index (Phi) is 6.56. The van der Waals surface area contributed by atoms with E-state index in [1.165, 1.54) is 0 Å². The molecule has 1 saturated carbocycles. The van der Waals surface area contributed by atoms with Crippen LogP contribution in [-0.4, -0.2) is 22.1 Å². The lowest BCUT2D eigenvalue weighted by Gasteiger charge is -2.25. The van der Waals surface area contributed by atoms with Crippen molar-refractivity contribution in [2.45, 2.75) is 64.5 Å². The van der Waals surface area contributed by atoms with E-state index in [0.29, 0.717) is 6.54 Å². The standard InChI is InChI=1S/C14H24N4OS.ClH/c1-14(2,3)13-18-17-11(20-13)8-16-12(19)9-5-4-6-10(15)7-9;/h9-10H,4-8,15H2,1-3H3,(H,16,19);1H. The molecule has 2 unspecified atom stereocenters. The Morgan fingerprint density at radius 1 is 1.38 bits per heavy atom. The maximum atomic E-state index is 12.1. The second-order valence-corrected chi connectivity index (χ2v) is 7.65. The van der Waals surface area contributed by atoms with Gasteiger partial charge in [0.2, 0.25) is 5.91 Å². The second-order valence-electron chi connectivity index (χ2n) is 6.59.